The number of hydrogen-bond acceptors (Lipinski definition) is 4. The van der Waals surface area contributed by atoms with Gasteiger partial charge in [-0.25, -0.2) is 0 Å². The molecule has 0 unspecified atom stereocenters. The van der Waals surface area contributed by atoms with Crippen LogP contribution in [0, 0.1) is 5.92 Å². The molecule has 2 atom stereocenters. The Bertz CT molecular complexity index is 579. The minimum absolute atomic E-state index is 0.111. The van der Waals surface area contributed by atoms with Crippen molar-refractivity contribution < 1.29 is 24.2 Å². The topological polar surface area (TPSA) is 84.9 Å². The molecule has 0 aromatic heterocycles. The number of ether oxygens (including phenoxy) is 2. The lowest BCUT2D eigenvalue weighted by atomic mass is 9.94. The fraction of sp³-hybridized carbons (Fsp3) is 0.579. The number of carboxylic acids is 1. The zero-order valence-corrected chi connectivity index (χ0v) is 14.9. The molecule has 0 radical (unpaired) electrons. The van der Waals surface area contributed by atoms with Crippen LogP contribution in [0.15, 0.2) is 18.2 Å². The number of benzene rings is 1. The van der Waals surface area contributed by atoms with E-state index in [1.165, 1.54) is 0 Å². The van der Waals surface area contributed by atoms with Crippen molar-refractivity contribution in [3.05, 3.63) is 23.8 Å². The predicted molar refractivity (Wildman–Crippen MR) is 94.0 cm³/mol. The summed E-state index contributed by atoms with van der Waals surface area (Å²) in [6.45, 7) is 0. The Kier molecular flexibility index (Phi) is 7.10. The van der Waals surface area contributed by atoms with Crippen LogP contribution in [0.4, 0.5) is 0 Å². The molecule has 1 aliphatic rings. The van der Waals surface area contributed by atoms with Gasteiger partial charge in [0.25, 0.3) is 0 Å². The lowest BCUT2D eigenvalue weighted by Gasteiger charge is -2.23. The zero-order valence-electron chi connectivity index (χ0n) is 14.9. The second-order valence-electron chi connectivity index (χ2n) is 6.48. The standard InChI is InChI=1S/C19H27NO5/c1-24-14-10-13(11-15(12-14)25-2)8-9-18(21)20-17-7-5-3-4-6-16(17)19(22)23/h10-12,16-17H,3-9H2,1-2H3,(H,20,21)(H,22,23)/t16-,17+/m1/s1. The Morgan fingerprint density at radius 3 is 2.32 bits per heavy atom. The molecule has 25 heavy (non-hydrogen) atoms. The highest BCUT2D eigenvalue weighted by atomic mass is 16.5. The third kappa shape index (κ3) is 5.66. The third-order valence-corrected chi connectivity index (χ3v) is 4.73. The van der Waals surface area contributed by atoms with Crippen molar-refractivity contribution in [1.82, 2.24) is 5.32 Å². The van der Waals surface area contributed by atoms with Gasteiger partial charge in [0.15, 0.2) is 0 Å². The summed E-state index contributed by atoms with van der Waals surface area (Å²) in [5.41, 5.74) is 0.946. The van der Waals surface area contributed by atoms with Crippen molar-refractivity contribution in [2.45, 2.75) is 51.0 Å². The van der Waals surface area contributed by atoms with E-state index in [1.807, 2.05) is 12.1 Å². The Balaban J connectivity index is 1.94. The predicted octanol–water partition coefficient (Wildman–Crippen LogP) is 2.79. The lowest BCUT2D eigenvalue weighted by Crippen LogP contribution is -2.42. The Morgan fingerprint density at radius 1 is 1.08 bits per heavy atom. The SMILES string of the molecule is COc1cc(CCC(=O)N[C@H]2CCCCC[C@H]2C(=O)O)cc(OC)c1. The van der Waals surface area contributed by atoms with E-state index in [9.17, 15) is 14.7 Å². The number of carbonyl (C=O) groups excluding carboxylic acids is 1. The Labute approximate surface area is 148 Å². The first kappa shape index (κ1) is 19.1. The van der Waals surface area contributed by atoms with Crippen molar-refractivity contribution in [2.24, 2.45) is 5.92 Å². The Morgan fingerprint density at radius 2 is 1.72 bits per heavy atom. The third-order valence-electron chi connectivity index (χ3n) is 4.73. The van der Waals surface area contributed by atoms with Crippen LogP contribution in [0.3, 0.4) is 0 Å². The number of methoxy groups -OCH3 is 2. The number of aliphatic carboxylic acids is 1. The Hall–Kier alpha value is -2.24. The van der Waals surface area contributed by atoms with E-state index in [-0.39, 0.29) is 11.9 Å². The van der Waals surface area contributed by atoms with E-state index in [0.717, 1.165) is 31.2 Å². The molecular formula is C19H27NO5. The molecule has 1 aromatic rings. The molecule has 0 saturated heterocycles. The van der Waals surface area contributed by atoms with E-state index < -0.39 is 11.9 Å². The van der Waals surface area contributed by atoms with Gasteiger partial charge in [-0.1, -0.05) is 19.3 Å². The second kappa shape index (κ2) is 9.30. The van der Waals surface area contributed by atoms with Gasteiger partial charge in [-0.05, 0) is 37.0 Å². The first-order valence-corrected chi connectivity index (χ1v) is 8.77. The van der Waals surface area contributed by atoms with Crippen molar-refractivity contribution in [1.29, 1.82) is 0 Å². The summed E-state index contributed by atoms with van der Waals surface area (Å²) in [6, 6.07) is 5.27. The van der Waals surface area contributed by atoms with E-state index in [4.69, 9.17) is 9.47 Å². The molecule has 6 nitrogen and oxygen atoms in total. The number of nitrogens with one attached hydrogen (secondary N) is 1. The highest BCUT2D eigenvalue weighted by molar-refractivity contribution is 5.78. The van der Waals surface area contributed by atoms with Crippen LogP contribution in [-0.2, 0) is 16.0 Å². The minimum Gasteiger partial charge on any atom is -0.497 e. The number of amides is 1. The monoisotopic (exact) mass is 349 g/mol. The summed E-state index contributed by atoms with van der Waals surface area (Å²) < 4.78 is 10.5. The number of rotatable bonds is 7. The van der Waals surface area contributed by atoms with Crippen LogP contribution >= 0.6 is 0 Å². The summed E-state index contributed by atoms with van der Waals surface area (Å²) in [5, 5.41) is 12.3. The number of carboxylic acid groups (broad SMARTS) is 1. The average Bonchev–Trinajstić information content (AvgIpc) is 2.85. The number of aryl methyl sites for hydroxylation is 1. The smallest absolute Gasteiger partial charge is 0.308 e. The average molecular weight is 349 g/mol. The van der Waals surface area contributed by atoms with Crippen LogP contribution in [0.5, 0.6) is 11.5 Å². The molecule has 1 aliphatic carbocycles. The zero-order chi connectivity index (χ0) is 18.2. The summed E-state index contributed by atoms with van der Waals surface area (Å²) in [5.74, 6) is -0.0398. The molecule has 1 fully saturated rings. The van der Waals surface area contributed by atoms with Crippen LogP contribution in [0.2, 0.25) is 0 Å². The molecule has 2 N–H and O–H groups in total. The van der Waals surface area contributed by atoms with Gasteiger partial charge >= 0.3 is 5.97 Å². The summed E-state index contributed by atoms with van der Waals surface area (Å²) in [4.78, 5) is 23.7. The fourth-order valence-electron chi connectivity index (χ4n) is 3.32. The summed E-state index contributed by atoms with van der Waals surface area (Å²) >= 11 is 0. The summed E-state index contributed by atoms with van der Waals surface area (Å²) in [6.07, 6.45) is 5.11. The highest BCUT2D eigenvalue weighted by Crippen LogP contribution is 2.25. The molecule has 138 valence electrons. The first-order chi connectivity index (χ1) is 12.0. The van der Waals surface area contributed by atoms with Gasteiger partial charge in [-0.3, -0.25) is 9.59 Å². The van der Waals surface area contributed by atoms with Crippen LogP contribution in [0.25, 0.3) is 0 Å². The molecule has 1 amide bonds. The van der Waals surface area contributed by atoms with Gasteiger partial charge in [0, 0.05) is 18.5 Å². The van der Waals surface area contributed by atoms with Crippen molar-refractivity contribution in [3.8, 4) is 11.5 Å². The van der Waals surface area contributed by atoms with Crippen LogP contribution in [0.1, 0.15) is 44.1 Å². The van der Waals surface area contributed by atoms with E-state index in [2.05, 4.69) is 5.32 Å². The van der Waals surface area contributed by atoms with Crippen LogP contribution < -0.4 is 14.8 Å². The molecule has 1 aromatic carbocycles. The fourth-order valence-corrected chi connectivity index (χ4v) is 3.32. The van der Waals surface area contributed by atoms with Gasteiger partial charge in [-0.15, -0.1) is 0 Å². The van der Waals surface area contributed by atoms with E-state index >= 15 is 0 Å². The van der Waals surface area contributed by atoms with Crippen molar-refractivity contribution >= 4 is 11.9 Å². The highest BCUT2D eigenvalue weighted by Gasteiger charge is 2.30. The second-order valence-corrected chi connectivity index (χ2v) is 6.48. The molecular weight excluding hydrogens is 322 g/mol. The van der Waals surface area contributed by atoms with Crippen molar-refractivity contribution in [3.63, 3.8) is 0 Å². The lowest BCUT2D eigenvalue weighted by molar-refractivity contribution is -0.143. The van der Waals surface area contributed by atoms with Gasteiger partial charge in [0.05, 0.1) is 20.1 Å². The van der Waals surface area contributed by atoms with Crippen molar-refractivity contribution in [2.75, 3.05) is 14.2 Å². The maximum Gasteiger partial charge on any atom is 0.308 e. The van der Waals surface area contributed by atoms with Gasteiger partial charge in [0.2, 0.25) is 5.91 Å². The van der Waals surface area contributed by atoms with Gasteiger partial charge in [-0.2, -0.15) is 0 Å². The molecule has 0 aliphatic heterocycles. The maximum atomic E-state index is 12.3. The minimum atomic E-state index is -0.815. The van der Waals surface area contributed by atoms with Gasteiger partial charge < -0.3 is 19.9 Å². The molecule has 0 heterocycles. The normalized spacial score (nSPS) is 20.4. The molecule has 6 heteroatoms. The van der Waals surface area contributed by atoms with Gasteiger partial charge in [0.1, 0.15) is 11.5 Å². The molecule has 0 bridgehead atoms. The van der Waals surface area contributed by atoms with E-state index in [1.54, 1.807) is 20.3 Å². The molecule has 2 rings (SSSR count). The van der Waals surface area contributed by atoms with E-state index in [0.29, 0.717) is 30.8 Å². The number of hydrogen-bond donors (Lipinski definition) is 2. The van der Waals surface area contributed by atoms with Crippen LogP contribution in [-0.4, -0.2) is 37.2 Å². The quantitative estimate of drug-likeness (QED) is 0.740. The maximum absolute atomic E-state index is 12.3. The largest absolute Gasteiger partial charge is 0.497 e. The number of carbonyl (C=O) groups is 2. The molecule has 0 spiro atoms. The first-order valence-electron chi connectivity index (χ1n) is 8.77. The summed E-state index contributed by atoms with van der Waals surface area (Å²) in [7, 11) is 3.17. The molecule has 1 saturated carbocycles.